The van der Waals surface area contributed by atoms with Gasteiger partial charge in [0, 0.05) is 34.3 Å². The van der Waals surface area contributed by atoms with E-state index in [0.717, 1.165) is 30.4 Å². The Balaban J connectivity index is 1.49. The molecule has 1 amide bonds. The molecule has 0 radical (unpaired) electrons. The fourth-order valence-corrected chi connectivity index (χ4v) is 4.90. The van der Waals surface area contributed by atoms with E-state index >= 15 is 0 Å². The molecule has 0 bridgehead atoms. The first-order valence-corrected chi connectivity index (χ1v) is 13.1. The van der Waals surface area contributed by atoms with Gasteiger partial charge in [-0.3, -0.25) is 9.20 Å². The van der Waals surface area contributed by atoms with Gasteiger partial charge in [0.05, 0.1) is 30.2 Å². The SMILES string of the molecule is Cc1cc(-c2cnc3c(NCCC(F)(F)F)cc(Oc4cccc(Cl)c4)cn23)ccc1C(=O)NC1(C)CCC1. The molecule has 39 heavy (non-hydrogen) atoms. The van der Waals surface area contributed by atoms with Gasteiger partial charge in [0.15, 0.2) is 5.65 Å². The molecule has 1 aliphatic rings. The molecule has 0 saturated heterocycles. The number of carbonyl (C=O) groups excluding carboxylic acids is 1. The van der Waals surface area contributed by atoms with Crippen molar-refractivity contribution in [2.75, 3.05) is 11.9 Å². The molecule has 204 valence electrons. The van der Waals surface area contributed by atoms with Gasteiger partial charge in [0.1, 0.15) is 11.5 Å². The lowest BCUT2D eigenvalue weighted by Crippen LogP contribution is -2.51. The summed E-state index contributed by atoms with van der Waals surface area (Å²) in [4.78, 5) is 17.4. The molecule has 0 atom stereocenters. The number of amides is 1. The Morgan fingerprint density at radius 3 is 2.62 bits per heavy atom. The highest BCUT2D eigenvalue weighted by atomic mass is 35.5. The highest BCUT2D eigenvalue weighted by Crippen LogP contribution is 2.34. The summed E-state index contributed by atoms with van der Waals surface area (Å²) >= 11 is 6.09. The number of ether oxygens (including phenoxy) is 1. The van der Waals surface area contributed by atoms with Gasteiger partial charge in [-0.05, 0) is 69.0 Å². The van der Waals surface area contributed by atoms with Crippen LogP contribution in [0.3, 0.4) is 0 Å². The van der Waals surface area contributed by atoms with Gasteiger partial charge in [-0.1, -0.05) is 23.7 Å². The second-order valence-corrected chi connectivity index (χ2v) is 10.6. The summed E-state index contributed by atoms with van der Waals surface area (Å²) in [5.41, 5.74) is 3.58. The predicted octanol–water partition coefficient (Wildman–Crippen LogP) is 7.79. The van der Waals surface area contributed by atoms with Crippen molar-refractivity contribution in [1.82, 2.24) is 14.7 Å². The van der Waals surface area contributed by atoms with Crippen molar-refractivity contribution in [2.45, 2.75) is 51.2 Å². The molecule has 1 saturated carbocycles. The molecule has 2 aromatic carbocycles. The zero-order valence-electron chi connectivity index (χ0n) is 21.5. The number of nitrogens with zero attached hydrogens (tertiary/aromatic N) is 2. The third-order valence-corrected chi connectivity index (χ3v) is 7.21. The van der Waals surface area contributed by atoms with Crippen molar-refractivity contribution in [3.8, 4) is 22.8 Å². The zero-order chi connectivity index (χ0) is 27.8. The van der Waals surface area contributed by atoms with Crippen LogP contribution in [0, 0.1) is 6.92 Å². The normalized spacial score (nSPS) is 14.6. The van der Waals surface area contributed by atoms with Gasteiger partial charge >= 0.3 is 6.18 Å². The number of pyridine rings is 1. The van der Waals surface area contributed by atoms with Crippen LogP contribution in [0.4, 0.5) is 18.9 Å². The van der Waals surface area contributed by atoms with E-state index in [-0.39, 0.29) is 18.0 Å². The number of anilines is 1. The van der Waals surface area contributed by atoms with E-state index < -0.39 is 12.6 Å². The number of alkyl halides is 3. The number of imidazole rings is 1. The van der Waals surface area contributed by atoms with E-state index in [1.165, 1.54) is 0 Å². The number of fused-ring (bicyclic) bond motifs is 1. The third kappa shape index (κ3) is 6.14. The quantitative estimate of drug-likeness (QED) is 0.232. The Labute approximate surface area is 229 Å². The van der Waals surface area contributed by atoms with E-state index in [0.29, 0.717) is 39.1 Å². The van der Waals surface area contributed by atoms with Gasteiger partial charge in [0.25, 0.3) is 5.91 Å². The van der Waals surface area contributed by atoms with Crippen LogP contribution in [0.1, 0.15) is 48.5 Å². The topological polar surface area (TPSA) is 67.7 Å². The van der Waals surface area contributed by atoms with E-state index in [2.05, 4.69) is 22.5 Å². The van der Waals surface area contributed by atoms with Crippen LogP contribution in [-0.2, 0) is 0 Å². The maximum absolute atomic E-state index is 12.9. The molecular weight excluding hydrogens is 529 g/mol. The van der Waals surface area contributed by atoms with Crippen molar-refractivity contribution in [2.24, 2.45) is 0 Å². The summed E-state index contributed by atoms with van der Waals surface area (Å²) < 4.78 is 46.2. The van der Waals surface area contributed by atoms with Gasteiger partial charge < -0.3 is 15.4 Å². The summed E-state index contributed by atoms with van der Waals surface area (Å²) in [6.07, 6.45) is 1.14. The molecule has 0 aliphatic heterocycles. The lowest BCUT2D eigenvalue weighted by atomic mass is 9.78. The Hall–Kier alpha value is -3.72. The standard InChI is InChI=1S/C29H28ClF3N4O2/c1-18-13-19(7-8-23(18)27(38)36-28(2)9-4-10-28)25-16-35-26-24(34-12-11-29(31,32)33)15-22(17-37(25)26)39-21-6-3-5-20(30)14-21/h3,5-8,13-17,34H,4,9-12H2,1-2H3,(H,36,38). The molecule has 10 heteroatoms. The molecule has 5 rings (SSSR count). The predicted molar refractivity (Wildman–Crippen MR) is 146 cm³/mol. The summed E-state index contributed by atoms with van der Waals surface area (Å²) in [5.74, 6) is 0.767. The van der Waals surface area contributed by atoms with Gasteiger partial charge in [-0.2, -0.15) is 13.2 Å². The molecule has 0 spiro atoms. The number of rotatable bonds is 8. The number of hydrogen-bond donors (Lipinski definition) is 2. The number of aryl methyl sites for hydroxylation is 1. The minimum absolute atomic E-state index is 0.104. The van der Waals surface area contributed by atoms with Crippen molar-refractivity contribution in [3.63, 3.8) is 0 Å². The number of nitrogens with one attached hydrogen (secondary N) is 2. The monoisotopic (exact) mass is 556 g/mol. The van der Waals surface area contributed by atoms with Gasteiger partial charge in [-0.25, -0.2) is 4.98 Å². The van der Waals surface area contributed by atoms with E-state index in [4.69, 9.17) is 16.3 Å². The molecule has 2 N–H and O–H groups in total. The highest BCUT2D eigenvalue weighted by molar-refractivity contribution is 6.30. The van der Waals surface area contributed by atoms with Crippen molar-refractivity contribution < 1.29 is 22.7 Å². The van der Waals surface area contributed by atoms with E-state index in [9.17, 15) is 18.0 Å². The van der Waals surface area contributed by atoms with Crippen molar-refractivity contribution in [1.29, 1.82) is 0 Å². The second-order valence-electron chi connectivity index (χ2n) is 10.2. The molecule has 1 fully saturated rings. The van der Waals surface area contributed by atoms with Crippen LogP contribution in [0.15, 0.2) is 60.9 Å². The molecule has 2 heterocycles. The van der Waals surface area contributed by atoms with Crippen LogP contribution in [0.5, 0.6) is 11.5 Å². The summed E-state index contributed by atoms with van der Waals surface area (Å²) in [6, 6.07) is 14.0. The molecule has 6 nitrogen and oxygen atoms in total. The lowest BCUT2D eigenvalue weighted by Gasteiger charge is -2.39. The number of aromatic nitrogens is 2. The molecule has 1 aliphatic carbocycles. The number of hydrogen-bond acceptors (Lipinski definition) is 4. The number of benzene rings is 2. The Kier molecular flexibility index (Phi) is 7.20. The Morgan fingerprint density at radius 2 is 1.95 bits per heavy atom. The summed E-state index contributed by atoms with van der Waals surface area (Å²) in [7, 11) is 0. The minimum atomic E-state index is -4.29. The molecule has 0 unspecified atom stereocenters. The first-order chi connectivity index (χ1) is 18.5. The average Bonchev–Trinajstić information content (AvgIpc) is 3.26. The average molecular weight is 557 g/mol. The molecule has 4 aromatic rings. The van der Waals surface area contributed by atoms with Crippen molar-refractivity contribution >= 4 is 28.8 Å². The Bertz CT molecular complexity index is 1530. The smallest absolute Gasteiger partial charge is 0.390 e. The van der Waals surface area contributed by atoms with Crippen LogP contribution in [0.2, 0.25) is 5.02 Å². The van der Waals surface area contributed by atoms with Crippen LogP contribution in [0.25, 0.3) is 16.9 Å². The maximum Gasteiger partial charge on any atom is 0.390 e. The zero-order valence-corrected chi connectivity index (χ0v) is 22.3. The van der Waals surface area contributed by atoms with E-state index in [1.807, 2.05) is 19.1 Å². The molecular formula is C29H28ClF3N4O2. The van der Waals surface area contributed by atoms with Crippen LogP contribution in [-0.4, -0.2) is 33.6 Å². The fraction of sp³-hybridized carbons (Fsp3) is 0.310. The first-order valence-electron chi connectivity index (χ1n) is 12.7. The number of carbonyl (C=O) groups is 1. The van der Waals surface area contributed by atoms with E-state index in [1.54, 1.807) is 53.2 Å². The largest absolute Gasteiger partial charge is 0.456 e. The third-order valence-electron chi connectivity index (χ3n) is 6.98. The highest BCUT2D eigenvalue weighted by Gasteiger charge is 2.33. The van der Waals surface area contributed by atoms with Gasteiger partial charge in [0.2, 0.25) is 0 Å². The summed E-state index contributed by atoms with van der Waals surface area (Å²) in [5, 5.41) is 6.48. The summed E-state index contributed by atoms with van der Waals surface area (Å²) in [6.45, 7) is 3.62. The second kappa shape index (κ2) is 10.4. The van der Waals surface area contributed by atoms with Gasteiger partial charge in [-0.15, -0.1) is 0 Å². The van der Waals surface area contributed by atoms with Crippen molar-refractivity contribution in [3.05, 3.63) is 77.1 Å². The Morgan fingerprint density at radius 1 is 1.15 bits per heavy atom. The number of halogens is 4. The fourth-order valence-electron chi connectivity index (χ4n) is 4.72. The minimum Gasteiger partial charge on any atom is -0.456 e. The van der Waals surface area contributed by atoms with Crippen LogP contribution >= 0.6 is 11.6 Å². The maximum atomic E-state index is 12.9. The van der Waals surface area contributed by atoms with Crippen LogP contribution < -0.4 is 15.4 Å². The first kappa shape index (κ1) is 26.9. The lowest BCUT2D eigenvalue weighted by molar-refractivity contribution is -0.131. The molecule has 2 aromatic heterocycles.